The summed E-state index contributed by atoms with van der Waals surface area (Å²) in [5, 5.41) is 11.1. The van der Waals surface area contributed by atoms with Crippen molar-refractivity contribution in [3.8, 4) is 11.4 Å². The Morgan fingerprint density at radius 3 is 2.44 bits per heavy atom. The molecule has 5 rings (SSSR count). The molecular weight excluding hydrogens is 476 g/mol. The molecule has 0 fully saturated rings. The highest BCUT2D eigenvalue weighted by atomic mass is 32.2. The maximum absolute atomic E-state index is 12.9. The van der Waals surface area contributed by atoms with Crippen LogP contribution >= 0.6 is 0 Å². The van der Waals surface area contributed by atoms with E-state index in [9.17, 15) is 18.5 Å². The molecule has 1 heterocycles. The van der Waals surface area contributed by atoms with Crippen molar-refractivity contribution in [2.75, 3.05) is 4.72 Å². The fourth-order valence-electron chi connectivity index (χ4n) is 4.03. The number of fused-ring (bicyclic) bond motifs is 1. The third-order valence-corrected chi connectivity index (χ3v) is 7.21. The molecule has 0 unspecified atom stereocenters. The standard InChI is InChI=1S/C27H22N4O4S/c1-19-12-14-20(15-13-19)18-30-26-11-3-2-10-25(26)28-27(30)21-6-4-7-22(16-21)29-36(34,35)24-9-5-8-23(17-24)31(32)33/h2-17,29H,18H2,1H3. The van der Waals surface area contributed by atoms with Gasteiger partial charge in [-0.15, -0.1) is 0 Å². The molecule has 36 heavy (non-hydrogen) atoms. The first-order valence-electron chi connectivity index (χ1n) is 11.2. The Morgan fingerprint density at radius 1 is 0.917 bits per heavy atom. The molecule has 0 aliphatic heterocycles. The zero-order valence-corrected chi connectivity index (χ0v) is 20.1. The van der Waals surface area contributed by atoms with Crippen molar-refractivity contribution in [3.63, 3.8) is 0 Å². The van der Waals surface area contributed by atoms with Gasteiger partial charge < -0.3 is 4.57 Å². The number of aryl methyl sites for hydroxylation is 1. The van der Waals surface area contributed by atoms with E-state index in [4.69, 9.17) is 4.98 Å². The molecule has 0 aliphatic carbocycles. The van der Waals surface area contributed by atoms with Gasteiger partial charge in [0.1, 0.15) is 5.82 Å². The van der Waals surface area contributed by atoms with Gasteiger partial charge >= 0.3 is 0 Å². The lowest BCUT2D eigenvalue weighted by Crippen LogP contribution is -2.13. The van der Waals surface area contributed by atoms with Crippen LogP contribution in [0.4, 0.5) is 11.4 Å². The number of hydrogen-bond donors (Lipinski definition) is 1. The molecule has 1 N–H and O–H groups in total. The fourth-order valence-corrected chi connectivity index (χ4v) is 5.12. The number of imidazole rings is 1. The number of anilines is 1. The minimum absolute atomic E-state index is 0.186. The van der Waals surface area contributed by atoms with E-state index < -0.39 is 14.9 Å². The maximum Gasteiger partial charge on any atom is 0.270 e. The number of para-hydroxylation sites is 2. The first-order chi connectivity index (χ1) is 17.3. The Labute approximate surface area is 208 Å². The van der Waals surface area contributed by atoms with Crippen LogP contribution in [0.1, 0.15) is 11.1 Å². The normalized spacial score (nSPS) is 11.5. The zero-order valence-electron chi connectivity index (χ0n) is 19.3. The highest BCUT2D eigenvalue weighted by molar-refractivity contribution is 7.92. The number of nitro groups is 1. The number of nitro benzene ring substituents is 1. The number of benzene rings is 4. The lowest BCUT2D eigenvalue weighted by molar-refractivity contribution is -0.385. The summed E-state index contributed by atoms with van der Waals surface area (Å²) in [6.07, 6.45) is 0. The van der Waals surface area contributed by atoms with Crippen molar-refractivity contribution in [3.05, 3.63) is 118 Å². The molecule has 0 aliphatic rings. The SMILES string of the molecule is Cc1ccc(Cn2c(-c3cccc(NS(=O)(=O)c4cccc([N+](=O)[O-])c4)c3)nc3ccccc32)cc1. The highest BCUT2D eigenvalue weighted by Gasteiger charge is 2.19. The van der Waals surface area contributed by atoms with Gasteiger partial charge in [0.15, 0.2) is 0 Å². The Kier molecular flexibility index (Phi) is 5.99. The van der Waals surface area contributed by atoms with E-state index in [2.05, 4.69) is 33.6 Å². The minimum atomic E-state index is -4.04. The summed E-state index contributed by atoms with van der Waals surface area (Å²) in [6, 6.07) is 28.0. The Bertz CT molecular complexity index is 1690. The average Bonchev–Trinajstić information content (AvgIpc) is 3.24. The zero-order chi connectivity index (χ0) is 25.3. The van der Waals surface area contributed by atoms with Crippen molar-refractivity contribution in [2.24, 2.45) is 0 Å². The van der Waals surface area contributed by atoms with Crippen LogP contribution < -0.4 is 4.72 Å². The van der Waals surface area contributed by atoms with E-state index in [0.29, 0.717) is 18.1 Å². The highest BCUT2D eigenvalue weighted by Crippen LogP contribution is 2.29. The van der Waals surface area contributed by atoms with Crippen LogP contribution in [0.15, 0.2) is 102 Å². The molecule has 0 saturated heterocycles. The average molecular weight is 499 g/mol. The second-order valence-corrected chi connectivity index (χ2v) is 10.1. The van der Waals surface area contributed by atoms with Crippen molar-refractivity contribution < 1.29 is 13.3 Å². The van der Waals surface area contributed by atoms with Crippen LogP contribution in [0, 0.1) is 17.0 Å². The van der Waals surface area contributed by atoms with Gasteiger partial charge in [-0.3, -0.25) is 14.8 Å². The summed E-state index contributed by atoms with van der Waals surface area (Å²) in [7, 11) is -4.04. The minimum Gasteiger partial charge on any atom is -0.319 e. The van der Waals surface area contributed by atoms with Crippen molar-refractivity contribution in [1.29, 1.82) is 0 Å². The Morgan fingerprint density at radius 2 is 1.67 bits per heavy atom. The number of rotatable bonds is 7. The molecule has 1 aromatic heterocycles. The fraction of sp³-hybridized carbons (Fsp3) is 0.0741. The van der Waals surface area contributed by atoms with E-state index >= 15 is 0 Å². The Hall–Kier alpha value is -4.50. The number of hydrogen-bond acceptors (Lipinski definition) is 5. The molecule has 0 saturated carbocycles. The molecule has 0 spiro atoms. The summed E-state index contributed by atoms with van der Waals surface area (Å²) >= 11 is 0. The van der Waals surface area contributed by atoms with Gasteiger partial charge in [-0.25, -0.2) is 13.4 Å². The number of nitrogens with one attached hydrogen (secondary N) is 1. The second-order valence-electron chi connectivity index (χ2n) is 8.44. The van der Waals surface area contributed by atoms with Gasteiger partial charge in [-0.05, 0) is 42.8 Å². The topological polar surface area (TPSA) is 107 Å². The molecule has 5 aromatic rings. The largest absolute Gasteiger partial charge is 0.319 e. The molecule has 0 bridgehead atoms. The molecule has 0 radical (unpaired) electrons. The quantitative estimate of drug-likeness (QED) is 0.226. The predicted octanol–water partition coefficient (Wildman–Crippen LogP) is 5.77. The van der Waals surface area contributed by atoms with E-state index in [1.54, 1.807) is 18.2 Å². The second kappa shape index (κ2) is 9.27. The van der Waals surface area contributed by atoms with Crippen molar-refractivity contribution in [2.45, 2.75) is 18.4 Å². The number of non-ortho nitro benzene ring substituents is 1. The van der Waals surface area contributed by atoms with Gasteiger partial charge in [-0.2, -0.15) is 0 Å². The number of aromatic nitrogens is 2. The summed E-state index contributed by atoms with van der Waals surface area (Å²) in [5.41, 5.74) is 4.87. The lowest BCUT2D eigenvalue weighted by atomic mass is 10.1. The van der Waals surface area contributed by atoms with Crippen LogP contribution in [0.3, 0.4) is 0 Å². The van der Waals surface area contributed by atoms with E-state index in [0.717, 1.165) is 28.2 Å². The van der Waals surface area contributed by atoms with Gasteiger partial charge in [0.25, 0.3) is 15.7 Å². The Balaban J connectivity index is 1.53. The van der Waals surface area contributed by atoms with Crippen molar-refractivity contribution in [1.82, 2.24) is 9.55 Å². The van der Waals surface area contributed by atoms with E-state index in [1.807, 2.05) is 37.3 Å². The molecule has 180 valence electrons. The number of nitrogens with zero attached hydrogens (tertiary/aromatic N) is 3. The summed E-state index contributed by atoms with van der Waals surface area (Å²) in [5.74, 6) is 0.702. The van der Waals surface area contributed by atoms with Gasteiger partial charge in [0, 0.05) is 29.9 Å². The summed E-state index contributed by atoms with van der Waals surface area (Å²) in [4.78, 5) is 15.1. The smallest absolute Gasteiger partial charge is 0.270 e. The molecule has 0 atom stereocenters. The van der Waals surface area contributed by atoms with Crippen LogP contribution in [0.2, 0.25) is 0 Å². The first kappa shape index (κ1) is 23.3. The molecular formula is C27H22N4O4S. The summed E-state index contributed by atoms with van der Waals surface area (Å²) < 4.78 is 30.5. The van der Waals surface area contributed by atoms with Crippen LogP contribution in [0.25, 0.3) is 22.4 Å². The van der Waals surface area contributed by atoms with E-state index in [1.165, 1.54) is 23.8 Å². The van der Waals surface area contributed by atoms with E-state index in [-0.39, 0.29) is 10.6 Å². The molecule has 0 amide bonds. The summed E-state index contributed by atoms with van der Waals surface area (Å²) in [6.45, 7) is 2.64. The molecule has 4 aromatic carbocycles. The molecule has 9 heteroatoms. The van der Waals surface area contributed by atoms with Gasteiger partial charge in [0.05, 0.1) is 20.9 Å². The van der Waals surface area contributed by atoms with Crippen LogP contribution in [0.5, 0.6) is 0 Å². The first-order valence-corrected chi connectivity index (χ1v) is 12.7. The van der Waals surface area contributed by atoms with Gasteiger partial charge in [0.2, 0.25) is 0 Å². The van der Waals surface area contributed by atoms with Gasteiger partial charge in [-0.1, -0.05) is 60.2 Å². The van der Waals surface area contributed by atoms with Crippen molar-refractivity contribution >= 4 is 32.4 Å². The number of sulfonamides is 1. The van der Waals surface area contributed by atoms with Crippen LogP contribution in [-0.2, 0) is 16.6 Å². The van der Waals surface area contributed by atoms with Crippen LogP contribution in [-0.4, -0.2) is 22.9 Å². The molecule has 8 nitrogen and oxygen atoms in total. The third-order valence-electron chi connectivity index (χ3n) is 5.83. The lowest BCUT2D eigenvalue weighted by Gasteiger charge is -2.12. The maximum atomic E-state index is 12.9. The monoisotopic (exact) mass is 498 g/mol. The third kappa shape index (κ3) is 4.69. The predicted molar refractivity (Wildman–Crippen MR) is 139 cm³/mol.